The quantitative estimate of drug-likeness (QED) is 0.0604. The van der Waals surface area contributed by atoms with Gasteiger partial charge in [0.1, 0.15) is 20.2 Å². The van der Waals surface area contributed by atoms with Crippen LogP contribution in [0.2, 0.25) is 0 Å². The molecule has 59 heavy (non-hydrogen) atoms. The van der Waals surface area contributed by atoms with Gasteiger partial charge < -0.3 is 12.5 Å². The zero-order valence-electron chi connectivity index (χ0n) is 29.3. The topological polar surface area (TPSA) is 147 Å². The molecule has 0 fully saturated rings. The van der Waals surface area contributed by atoms with E-state index in [9.17, 15) is 69.6 Å². The van der Waals surface area contributed by atoms with Crippen molar-refractivity contribution < 1.29 is 82.1 Å². The molecular weight excluding hydrogens is 872 g/mol. The van der Waals surface area contributed by atoms with Crippen LogP contribution in [0.5, 0.6) is 17.2 Å². The number of rotatable bonds is 14. The second-order valence-corrected chi connectivity index (χ2v) is 17.0. The Balaban J connectivity index is 1.66. The average Bonchev–Trinajstić information content (AvgIpc) is 3.10. The summed E-state index contributed by atoms with van der Waals surface area (Å²) in [7, 11) is -15.5. The average molecular weight is 897 g/mol. The van der Waals surface area contributed by atoms with Gasteiger partial charge in [-0.2, -0.15) is 64.8 Å². The van der Waals surface area contributed by atoms with E-state index in [2.05, 4.69) is 0 Å². The molecule has 0 amide bonds. The molecule has 5 rings (SSSR count). The minimum Gasteiger partial charge on any atom is -0.379 e. The van der Waals surface area contributed by atoms with Gasteiger partial charge in [-0.05, 0) is 53.1 Å². The zero-order valence-corrected chi connectivity index (χ0v) is 31.7. The van der Waals surface area contributed by atoms with Gasteiger partial charge in [0.15, 0.2) is 17.2 Å². The largest absolute Gasteiger partial charge is 0.393 e. The molecule has 0 unspecified atom stereocenters. The Morgan fingerprint density at radius 3 is 1.05 bits per heavy atom. The fourth-order valence-electron chi connectivity index (χ4n) is 5.23. The molecule has 0 aliphatic heterocycles. The molecule has 0 bridgehead atoms. The van der Waals surface area contributed by atoms with Gasteiger partial charge in [0.25, 0.3) is 0 Å². The molecule has 0 saturated carbocycles. The Labute approximate surface area is 330 Å². The van der Waals surface area contributed by atoms with Gasteiger partial charge in [0.2, 0.25) is 5.78 Å². The van der Waals surface area contributed by atoms with Gasteiger partial charge in [-0.25, -0.2) is 0 Å². The lowest BCUT2D eigenvalue weighted by Crippen LogP contribution is -2.18. The normalized spacial score (nSPS) is 12.8. The van der Waals surface area contributed by atoms with Gasteiger partial charge in [-0.1, -0.05) is 66.7 Å². The van der Waals surface area contributed by atoms with Crippen molar-refractivity contribution >= 4 is 36.1 Å². The summed E-state index contributed by atoms with van der Waals surface area (Å²) in [5.74, 6) is -4.53. The third-order valence-electron chi connectivity index (χ3n) is 7.76. The van der Waals surface area contributed by atoms with Crippen LogP contribution in [-0.4, -0.2) is 49.6 Å². The van der Waals surface area contributed by atoms with Crippen molar-refractivity contribution in [3.63, 3.8) is 0 Å². The number of hydrogen-bond donors (Lipinski definition) is 0. The number of halogens is 9. The third-order valence-corrected chi connectivity index (χ3v) is 11.5. The summed E-state index contributed by atoms with van der Waals surface area (Å²) in [6, 6.07) is 16.7. The van der Waals surface area contributed by atoms with E-state index in [4.69, 9.17) is 12.5 Å². The highest BCUT2D eigenvalue weighted by Gasteiger charge is 2.33. The molecule has 0 spiro atoms. The summed E-state index contributed by atoms with van der Waals surface area (Å²) in [4.78, 5) is 11.7. The molecule has 22 heteroatoms. The Morgan fingerprint density at radius 1 is 0.441 bits per heavy atom. The second-order valence-electron chi connectivity index (χ2n) is 12.4. The van der Waals surface area contributed by atoms with Crippen LogP contribution in [0, 0.1) is 0 Å². The van der Waals surface area contributed by atoms with E-state index in [1.807, 2.05) is 0 Å². The fraction of sp³-hybridized carbons (Fsp3) is 0.162. The summed E-state index contributed by atoms with van der Waals surface area (Å²) in [6.07, 6.45) is -18.3. The van der Waals surface area contributed by atoms with Crippen molar-refractivity contribution in [1.29, 1.82) is 0 Å². The van der Waals surface area contributed by atoms with Crippen molar-refractivity contribution in [2.75, 3.05) is 0 Å². The first-order chi connectivity index (χ1) is 27.2. The summed E-state index contributed by atoms with van der Waals surface area (Å²) in [5.41, 5.74) is -2.34. The van der Waals surface area contributed by atoms with Crippen molar-refractivity contribution in [2.45, 2.75) is 52.5 Å². The lowest BCUT2D eigenvalue weighted by Gasteiger charge is -2.18. The van der Waals surface area contributed by atoms with E-state index < -0.39 is 111 Å². The molecular formula is C37H25F9O10S3. The van der Waals surface area contributed by atoms with Crippen molar-refractivity contribution in [1.82, 2.24) is 0 Å². The standard InChI is InChI=1S/C37H25F9O10S3/c38-35(39,40)20-23-6-12-28(13-7-23)57(48,49)54-27-18-31(55-58(50,51)29-14-8-24(9-15-29)21-36(41,42)43)33(34(47)26-4-2-1-3-5-26)32(19-27)56-59(52,53)30-16-10-25(11-17-30)22-37(44,45)46/h1-19H,20-22H2. The van der Waals surface area contributed by atoms with Crippen molar-refractivity contribution in [3.8, 4) is 17.2 Å². The van der Waals surface area contributed by atoms with Crippen LogP contribution < -0.4 is 12.5 Å². The summed E-state index contributed by atoms with van der Waals surface area (Å²) < 4.78 is 213. The van der Waals surface area contributed by atoms with E-state index in [1.54, 1.807) is 0 Å². The molecule has 5 aromatic carbocycles. The molecule has 5 aromatic rings. The Morgan fingerprint density at radius 2 is 0.746 bits per heavy atom. The number of carbonyl (C=O) groups excluding carboxylic acids is 1. The summed E-state index contributed by atoms with van der Waals surface area (Å²) in [6.45, 7) is 0. The predicted molar refractivity (Wildman–Crippen MR) is 188 cm³/mol. The lowest BCUT2D eigenvalue weighted by atomic mass is 10.0. The molecule has 314 valence electrons. The van der Waals surface area contributed by atoms with E-state index in [0.29, 0.717) is 36.4 Å². The number of hydrogen-bond acceptors (Lipinski definition) is 10. The van der Waals surface area contributed by atoms with Gasteiger partial charge in [-0.15, -0.1) is 0 Å². The smallest absolute Gasteiger partial charge is 0.379 e. The van der Waals surface area contributed by atoms with Crippen LogP contribution in [0.3, 0.4) is 0 Å². The number of alkyl halides is 9. The number of carbonyl (C=O) groups is 1. The molecule has 0 aromatic heterocycles. The lowest BCUT2D eigenvalue weighted by molar-refractivity contribution is -0.128. The highest BCUT2D eigenvalue weighted by Crippen LogP contribution is 2.40. The van der Waals surface area contributed by atoms with E-state index in [0.717, 1.165) is 48.5 Å². The van der Waals surface area contributed by atoms with Crippen LogP contribution in [-0.2, 0) is 49.6 Å². The number of ketones is 1. The van der Waals surface area contributed by atoms with Crippen molar-refractivity contribution in [3.05, 3.63) is 143 Å². The maximum absolute atomic E-state index is 14.0. The number of benzene rings is 5. The second kappa shape index (κ2) is 16.6. The third kappa shape index (κ3) is 12.2. The van der Waals surface area contributed by atoms with Gasteiger partial charge >= 0.3 is 48.9 Å². The summed E-state index contributed by atoms with van der Waals surface area (Å²) >= 11 is 0. The van der Waals surface area contributed by atoms with Crippen LogP contribution in [0.15, 0.2) is 130 Å². The molecule has 0 atom stereocenters. The van der Waals surface area contributed by atoms with Crippen LogP contribution in [0.25, 0.3) is 0 Å². The minimum atomic E-state index is -5.20. The van der Waals surface area contributed by atoms with E-state index in [1.165, 1.54) is 30.3 Å². The minimum absolute atomic E-state index is 0.259. The Bertz CT molecular complexity index is 2530. The first-order valence-electron chi connectivity index (χ1n) is 16.3. The highest BCUT2D eigenvalue weighted by molar-refractivity contribution is 7.87. The van der Waals surface area contributed by atoms with Crippen LogP contribution >= 0.6 is 0 Å². The molecule has 0 N–H and O–H groups in total. The van der Waals surface area contributed by atoms with Crippen LogP contribution in [0.4, 0.5) is 39.5 Å². The first-order valence-corrected chi connectivity index (χ1v) is 20.5. The Hall–Kier alpha value is -5.61. The van der Waals surface area contributed by atoms with E-state index >= 15 is 0 Å². The zero-order chi connectivity index (χ0) is 43.6. The fourth-order valence-corrected chi connectivity index (χ4v) is 8.01. The summed E-state index contributed by atoms with van der Waals surface area (Å²) in [5, 5.41) is 0. The van der Waals surface area contributed by atoms with Gasteiger partial charge in [0, 0.05) is 17.7 Å². The van der Waals surface area contributed by atoms with E-state index in [-0.39, 0.29) is 22.3 Å². The highest BCUT2D eigenvalue weighted by atomic mass is 32.2. The maximum atomic E-state index is 14.0. The Kier molecular flexibility index (Phi) is 12.5. The first kappa shape index (κ1) is 44.5. The molecule has 0 heterocycles. The van der Waals surface area contributed by atoms with Crippen molar-refractivity contribution in [2.24, 2.45) is 0 Å². The predicted octanol–water partition coefficient (Wildman–Crippen LogP) is 8.54. The molecule has 0 aliphatic rings. The van der Waals surface area contributed by atoms with Gasteiger partial charge in [-0.3, -0.25) is 4.79 Å². The molecule has 0 radical (unpaired) electrons. The SMILES string of the molecule is O=C(c1ccccc1)c1c(OS(=O)(=O)c2ccc(CC(F)(F)F)cc2)cc(OS(=O)(=O)c2ccc(CC(F)(F)F)cc2)cc1OS(=O)(=O)c1ccc(CC(F)(F)F)cc1. The molecule has 0 aliphatic carbocycles. The van der Waals surface area contributed by atoms with Gasteiger partial charge in [0.05, 0.1) is 19.3 Å². The maximum Gasteiger partial charge on any atom is 0.393 e. The molecule has 0 saturated heterocycles. The van der Waals surface area contributed by atoms with Crippen LogP contribution in [0.1, 0.15) is 32.6 Å². The monoisotopic (exact) mass is 896 g/mol. The molecule has 10 nitrogen and oxygen atoms in total.